The number of aromatic amines is 1. The summed E-state index contributed by atoms with van der Waals surface area (Å²) < 4.78 is 0. The second-order valence-corrected chi connectivity index (χ2v) is 4.40. The first-order valence-corrected chi connectivity index (χ1v) is 5.62. The third kappa shape index (κ3) is 1.53. The number of pyridine rings is 1. The molecular weight excluding hydrogens is 198 g/mol. The number of hydrogen-bond acceptors (Lipinski definition) is 2. The SMILES string of the molecule is CN1CC=CC(c2c[nH]c3ncccc23)C1. The number of H-pyrrole nitrogens is 1. The van der Waals surface area contributed by atoms with Crippen molar-refractivity contribution in [2.24, 2.45) is 0 Å². The van der Waals surface area contributed by atoms with Gasteiger partial charge < -0.3 is 9.88 Å². The summed E-state index contributed by atoms with van der Waals surface area (Å²) in [6, 6.07) is 4.13. The van der Waals surface area contributed by atoms with Crippen molar-refractivity contribution in [2.75, 3.05) is 20.1 Å². The summed E-state index contributed by atoms with van der Waals surface area (Å²) in [7, 11) is 2.16. The molecule has 1 aliphatic rings. The van der Waals surface area contributed by atoms with Crippen molar-refractivity contribution in [1.29, 1.82) is 0 Å². The van der Waals surface area contributed by atoms with Crippen LogP contribution in [0.25, 0.3) is 11.0 Å². The number of likely N-dealkylation sites (N-methyl/N-ethyl adjacent to an activating group) is 1. The largest absolute Gasteiger partial charge is 0.346 e. The topological polar surface area (TPSA) is 31.9 Å². The van der Waals surface area contributed by atoms with Crippen LogP contribution in [0.3, 0.4) is 0 Å². The summed E-state index contributed by atoms with van der Waals surface area (Å²) in [4.78, 5) is 9.89. The van der Waals surface area contributed by atoms with E-state index in [9.17, 15) is 0 Å². The highest BCUT2D eigenvalue weighted by atomic mass is 15.1. The van der Waals surface area contributed by atoms with E-state index in [-0.39, 0.29) is 0 Å². The monoisotopic (exact) mass is 213 g/mol. The average Bonchev–Trinajstić information content (AvgIpc) is 2.72. The van der Waals surface area contributed by atoms with Crippen LogP contribution in [0, 0.1) is 0 Å². The number of fused-ring (bicyclic) bond motifs is 1. The molecule has 0 saturated heterocycles. The van der Waals surface area contributed by atoms with Gasteiger partial charge in [-0.2, -0.15) is 0 Å². The molecule has 0 amide bonds. The first-order valence-electron chi connectivity index (χ1n) is 5.62. The van der Waals surface area contributed by atoms with Gasteiger partial charge in [0.25, 0.3) is 0 Å². The number of aromatic nitrogens is 2. The predicted molar refractivity (Wildman–Crippen MR) is 65.5 cm³/mol. The third-order valence-electron chi connectivity index (χ3n) is 3.18. The van der Waals surface area contributed by atoms with Crippen LogP contribution in [0.1, 0.15) is 11.5 Å². The van der Waals surface area contributed by atoms with Crippen LogP contribution in [0.5, 0.6) is 0 Å². The maximum absolute atomic E-state index is 4.32. The maximum Gasteiger partial charge on any atom is 0.137 e. The summed E-state index contributed by atoms with van der Waals surface area (Å²) in [6.07, 6.45) is 8.45. The third-order valence-corrected chi connectivity index (χ3v) is 3.18. The van der Waals surface area contributed by atoms with Crippen LogP contribution in [-0.2, 0) is 0 Å². The van der Waals surface area contributed by atoms with Crippen molar-refractivity contribution in [3.05, 3.63) is 42.2 Å². The van der Waals surface area contributed by atoms with E-state index >= 15 is 0 Å². The first-order chi connectivity index (χ1) is 7.84. The Kier molecular flexibility index (Phi) is 2.26. The molecule has 2 aromatic heterocycles. The molecule has 3 nitrogen and oxygen atoms in total. The van der Waals surface area contributed by atoms with Crippen molar-refractivity contribution in [3.63, 3.8) is 0 Å². The molecule has 1 unspecified atom stereocenters. The number of nitrogens with one attached hydrogen (secondary N) is 1. The Labute approximate surface area is 94.8 Å². The number of nitrogens with zero attached hydrogens (tertiary/aromatic N) is 2. The lowest BCUT2D eigenvalue weighted by molar-refractivity contribution is 0.346. The van der Waals surface area contributed by atoms with Crippen molar-refractivity contribution >= 4 is 11.0 Å². The molecule has 0 aromatic carbocycles. The Morgan fingerprint density at radius 2 is 2.44 bits per heavy atom. The van der Waals surface area contributed by atoms with Crippen LogP contribution in [-0.4, -0.2) is 35.0 Å². The molecule has 1 aliphatic heterocycles. The summed E-state index contributed by atoms with van der Waals surface area (Å²) in [5.74, 6) is 0.483. The highest BCUT2D eigenvalue weighted by Crippen LogP contribution is 2.27. The maximum atomic E-state index is 4.32. The molecule has 0 saturated carbocycles. The molecule has 0 bridgehead atoms. The normalized spacial score (nSPS) is 21.7. The van der Waals surface area contributed by atoms with Crippen molar-refractivity contribution in [2.45, 2.75) is 5.92 Å². The minimum Gasteiger partial charge on any atom is -0.346 e. The highest BCUT2D eigenvalue weighted by molar-refractivity contribution is 5.80. The fraction of sp³-hybridized carbons (Fsp3) is 0.308. The van der Waals surface area contributed by atoms with Crippen LogP contribution in [0.15, 0.2) is 36.7 Å². The minimum absolute atomic E-state index is 0.483. The lowest BCUT2D eigenvalue weighted by Crippen LogP contribution is -2.27. The second kappa shape index (κ2) is 3.76. The van der Waals surface area contributed by atoms with E-state index in [1.165, 1.54) is 10.9 Å². The molecule has 3 rings (SSSR count). The van der Waals surface area contributed by atoms with Gasteiger partial charge in [-0.05, 0) is 24.7 Å². The van der Waals surface area contributed by atoms with Crippen LogP contribution in [0.4, 0.5) is 0 Å². The van der Waals surface area contributed by atoms with Gasteiger partial charge in [0.15, 0.2) is 0 Å². The zero-order valence-electron chi connectivity index (χ0n) is 9.35. The molecule has 0 spiro atoms. The smallest absolute Gasteiger partial charge is 0.137 e. The van der Waals surface area contributed by atoms with Gasteiger partial charge in [-0.25, -0.2) is 4.98 Å². The highest BCUT2D eigenvalue weighted by Gasteiger charge is 2.17. The standard InChI is InChI=1S/C13H15N3/c1-16-7-3-4-10(9-16)12-8-15-13-11(12)5-2-6-14-13/h2-6,8,10H,7,9H2,1H3,(H,14,15). The molecule has 1 N–H and O–H groups in total. The van der Waals surface area contributed by atoms with Gasteiger partial charge in [-0.3, -0.25) is 0 Å². The molecule has 0 radical (unpaired) electrons. The molecule has 3 heterocycles. The Morgan fingerprint density at radius 1 is 1.50 bits per heavy atom. The lowest BCUT2D eigenvalue weighted by Gasteiger charge is -2.24. The summed E-state index contributed by atoms with van der Waals surface area (Å²) in [6.45, 7) is 2.13. The molecule has 16 heavy (non-hydrogen) atoms. The Hall–Kier alpha value is -1.61. The molecular formula is C13H15N3. The number of hydrogen-bond donors (Lipinski definition) is 1. The minimum atomic E-state index is 0.483. The fourth-order valence-electron chi connectivity index (χ4n) is 2.36. The zero-order chi connectivity index (χ0) is 11.0. The molecule has 0 aliphatic carbocycles. The first kappa shape index (κ1) is 9.60. The second-order valence-electron chi connectivity index (χ2n) is 4.40. The van der Waals surface area contributed by atoms with Gasteiger partial charge in [0.05, 0.1) is 0 Å². The number of rotatable bonds is 1. The van der Waals surface area contributed by atoms with Crippen LogP contribution < -0.4 is 0 Å². The average molecular weight is 213 g/mol. The van der Waals surface area contributed by atoms with Gasteiger partial charge in [-0.1, -0.05) is 12.2 Å². The van der Waals surface area contributed by atoms with Gasteiger partial charge in [0.2, 0.25) is 0 Å². The van der Waals surface area contributed by atoms with Crippen molar-refractivity contribution < 1.29 is 0 Å². The van der Waals surface area contributed by atoms with Crippen LogP contribution >= 0.6 is 0 Å². The van der Waals surface area contributed by atoms with E-state index < -0.39 is 0 Å². The van der Waals surface area contributed by atoms with Gasteiger partial charge in [0, 0.05) is 36.8 Å². The van der Waals surface area contributed by atoms with E-state index in [0.717, 1.165) is 18.7 Å². The van der Waals surface area contributed by atoms with E-state index in [4.69, 9.17) is 0 Å². The lowest BCUT2D eigenvalue weighted by atomic mass is 9.96. The quantitative estimate of drug-likeness (QED) is 0.736. The van der Waals surface area contributed by atoms with Gasteiger partial charge >= 0.3 is 0 Å². The Morgan fingerprint density at radius 3 is 3.31 bits per heavy atom. The van der Waals surface area contributed by atoms with Crippen molar-refractivity contribution in [3.8, 4) is 0 Å². The van der Waals surface area contributed by atoms with Gasteiger partial charge in [0.1, 0.15) is 5.65 Å². The molecule has 0 fully saturated rings. The van der Waals surface area contributed by atoms with Gasteiger partial charge in [-0.15, -0.1) is 0 Å². The van der Waals surface area contributed by atoms with E-state index in [0.29, 0.717) is 5.92 Å². The molecule has 2 aromatic rings. The Bertz CT molecular complexity index is 527. The fourth-order valence-corrected chi connectivity index (χ4v) is 2.36. The molecule has 82 valence electrons. The van der Waals surface area contributed by atoms with Crippen LogP contribution in [0.2, 0.25) is 0 Å². The predicted octanol–water partition coefficient (Wildman–Crippen LogP) is 2.15. The molecule has 3 heteroatoms. The van der Waals surface area contributed by atoms with E-state index in [1.54, 1.807) is 0 Å². The summed E-state index contributed by atoms with van der Waals surface area (Å²) in [5, 5.41) is 1.24. The van der Waals surface area contributed by atoms with E-state index in [2.05, 4.69) is 46.3 Å². The summed E-state index contributed by atoms with van der Waals surface area (Å²) in [5.41, 5.74) is 2.34. The van der Waals surface area contributed by atoms with E-state index in [1.807, 2.05) is 12.3 Å². The zero-order valence-corrected chi connectivity index (χ0v) is 9.35. The Balaban J connectivity index is 2.05. The molecule has 1 atom stereocenters. The summed E-state index contributed by atoms with van der Waals surface area (Å²) >= 11 is 0. The van der Waals surface area contributed by atoms with Crippen molar-refractivity contribution in [1.82, 2.24) is 14.9 Å².